The first-order chi connectivity index (χ1) is 11.2. The van der Waals surface area contributed by atoms with Crippen molar-refractivity contribution in [3.05, 3.63) is 0 Å². The first-order valence-electron chi connectivity index (χ1n) is 9.44. The van der Waals surface area contributed by atoms with Crippen LogP contribution >= 0.6 is 0 Å². The first-order valence-corrected chi connectivity index (χ1v) is 9.44. The second kappa shape index (κ2) is 9.78. The Labute approximate surface area is 140 Å². The van der Waals surface area contributed by atoms with Gasteiger partial charge in [0.1, 0.15) is 0 Å². The Bertz CT molecular complexity index is 372. The molecule has 2 aliphatic carbocycles. The molecule has 2 rings (SSSR count). The highest BCUT2D eigenvalue weighted by atomic mass is 16.2. The van der Waals surface area contributed by atoms with Gasteiger partial charge in [-0.3, -0.25) is 4.79 Å². The molecular formula is C18H33N3O2. The van der Waals surface area contributed by atoms with Crippen LogP contribution in [-0.2, 0) is 4.79 Å². The third-order valence-corrected chi connectivity index (χ3v) is 5.44. The van der Waals surface area contributed by atoms with E-state index in [0.29, 0.717) is 12.0 Å². The number of urea groups is 1. The lowest BCUT2D eigenvalue weighted by atomic mass is 9.96. The molecule has 3 amide bonds. The molecule has 0 spiro atoms. The summed E-state index contributed by atoms with van der Waals surface area (Å²) in [6.45, 7) is 0.835. The van der Waals surface area contributed by atoms with Crippen molar-refractivity contribution < 1.29 is 9.59 Å². The lowest BCUT2D eigenvalue weighted by Gasteiger charge is -2.30. The molecular weight excluding hydrogens is 290 g/mol. The molecule has 23 heavy (non-hydrogen) atoms. The van der Waals surface area contributed by atoms with E-state index in [9.17, 15) is 9.59 Å². The molecule has 2 aliphatic rings. The Kier molecular flexibility index (Phi) is 7.69. The van der Waals surface area contributed by atoms with E-state index < -0.39 is 0 Å². The maximum absolute atomic E-state index is 12.3. The van der Waals surface area contributed by atoms with Crippen molar-refractivity contribution in [2.45, 2.75) is 76.7 Å². The Hall–Kier alpha value is -1.26. The monoisotopic (exact) mass is 323 g/mol. The average Bonchev–Trinajstić information content (AvgIpc) is 3.03. The number of rotatable bonds is 5. The van der Waals surface area contributed by atoms with Crippen LogP contribution < -0.4 is 10.6 Å². The van der Waals surface area contributed by atoms with Crippen LogP contribution in [0.1, 0.15) is 70.6 Å². The molecule has 2 N–H and O–H groups in total. The number of nitrogens with one attached hydrogen (secondary N) is 2. The number of nitrogens with zero attached hydrogens (tertiary/aromatic N) is 1. The SMILES string of the molecule is CN(C(=O)CNC(=O)NCC1CCCC1)C1CCCCCCC1. The van der Waals surface area contributed by atoms with Gasteiger partial charge >= 0.3 is 6.03 Å². The predicted molar refractivity (Wildman–Crippen MR) is 92.2 cm³/mol. The topological polar surface area (TPSA) is 61.4 Å². The summed E-state index contributed by atoms with van der Waals surface area (Å²) in [7, 11) is 1.88. The molecule has 0 aliphatic heterocycles. The minimum atomic E-state index is -0.212. The summed E-state index contributed by atoms with van der Waals surface area (Å²) in [5, 5.41) is 5.61. The molecule has 0 atom stereocenters. The van der Waals surface area contributed by atoms with E-state index in [4.69, 9.17) is 0 Å². The number of carbonyl (C=O) groups is 2. The Morgan fingerprint density at radius 2 is 1.43 bits per heavy atom. The standard InChI is InChI=1S/C18H33N3O2/c1-21(16-11-5-3-2-4-6-12-16)17(22)14-20-18(23)19-13-15-9-7-8-10-15/h15-16H,2-14H2,1H3,(H2,19,20,23). The summed E-state index contributed by atoms with van der Waals surface area (Å²) < 4.78 is 0. The van der Waals surface area contributed by atoms with E-state index in [1.165, 1.54) is 57.8 Å². The number of hydrogen-bond acceptors (Lipinski definition) is 2. The number of amides is 3. The van der Waals surface area contributed by atoms with Crippen LogP contribution in [0.15, 0.2) is 0 Å². The normalized spacial score (nSPS) is 20.6. The summed E-state index contributed by atoms with van der Waals surface area (Å²) in [4.78, 5) is 25.9. The molecule has 0 unspecified atom stereocenters. The lowest BCUT2D eigenvalue weighted by Crippen LogP contribution is -2.46. The summed E-state index contributed by atoms with van der Waals surface area (Å²) in [5.74, 6) is 0.639. The highest BCUT2D eigenvalue weighted by Gasteiger charge is 2.21. The third-order valence-electron chi connectivity index (χ3n) is 5.44. The minimum absolute atomic E-state index is 0.0200. The van der Waals surface area contributed by atoms with Crippen molar-refractivity contribution in [3.63, 3.8) is 0 Å². The highest BCUT2D eigenvalue weighted by molar-refractivity contribution is 5.84. The zero-order chi connectivity index (χ0) is 16.5. The molecule has 5 nitrogen and oxygen atoms in total. The van der Waals surface area contributed by atoms with Gasteiger partial charge in [0.05, 0.1) is 6.54 Å². The molecule has 2 fully saturated rings. The summed E-state index contributed by atoms with van der Waals surface area (Å²) in [5.41, 5.74) is 0. The molecule has 0 aromatic carbocycles. The van der Waals surface area contributed by atoms with E-state index in [0.717, 1.165) is 19.4 Å². The molecule has 0 bridgehead atoms. The molecule has 2 saturated carbocycles. The predicted octanol–water partition coefficient (Wildman–Crippen LogP) is 3.05. The fourth-order valence-corrected chi connectivity index (χ4v) is 3.82. The van der Waals surface area contributed by atoms with Crippen molar-refractivity contribution in [1.29, 1.82) is 0 Å². The van der Waals surface area contributed by atoms with Gasteiger partial charge in [-0.1, -0.05) is 44.9 Å². The van der Waals surface area contributed by atoms with Crippen molar-refractivity contribution in [2.24, 2.45) is 5.92 Å². The van der Waals surface area contributed by atoms with Crippen LogP contribution in [-0.4, -0.2) is 43.0 Å². The largest absolute Gasteiger partial charge is 0.341 e. The van der Waals surface area contributed by atoms with Crippen LogP contribution in [0.25, 0.3) is 0 Å². The quantitative estimate of drug-likeness (QED) is 0.817. The fraction of sp³-hybridized carbons (Fsp3) is 0.889. The van der Waals surface area contributed by atoms with E-state index in [2.05, 4.69) is 10.6 Å². The van der Waals surface area contributed by atoms with Gasteiger partial charge in [-0.25, -0.2) is 4.79 Å². The van der Waals surface area contributed by atoms with Crippen molar-refractivity contribution in [2.75, 3.05) is 20.1 Å². The average molecular weight is 323 g/mol. The second-order valence-electron chi connectivity index (χ2n) is 7.22. The van der Waals surface area contributed by atoms with E-state index in [-0.39, 0.29) is 18.5 Å². The Morgan fingerprint density at radius 3 is 2.09 bits per heavy atom. The van der Waals surface area contributed by atoms with Gasteiger partial charge in [-0.05, 0) is 31.6 Å². The van der Waals surface area contributed by atoms with Crippen molar-refractivity contribution >= 4 is 11.9 Å². The van der Waals surface area contributed by atoms with Gasteiger partial charge in [0.2, 0.25) is 5.91 Å². The van der Waals surface area contributed by atoms with Crippen LogP contribution in [0.5, 0.6) is 0 Å². The Morgan fingerprint density at radius 1 is 0.870 bits per heavy atom. The van der Waals surface area contributed by atoms with Crippen LogP contribution in [0, 0.1) is 5.92 Å². The summed E-state index contributed by atoms with van der Waals surface area (Å²) >= 11 is 0. The second-order valence-corrected chi connectivity index (χ2v) is 7.22. The number of hydrogen-bond donors (Lipinski definition) is 2. The van der Waals surface area contributed by atoms with Gasteiger partial charge in [0.15, 0.2) is 0 Å². The van der Waals surface area contributed by atoms with Gasteiger partial charge in [0.25, 0.3) is 0 Å². The third kappa shape index (κ3) is 6.40. The van der Waals surface area contributed by atoms with E-state index in [1.54, 1.807) is 0 Å². The molecule has 0 radical (unpaired) electrons. The number of carbonyl (C=O) groups excluding carboxylic acids is 2. The van der Waals surface area contributed by atoms with Crippen molar-refractivity contribution in [1.82, 2.24) is 15.5 Å². The van der Waals surface area contributed by atoms with E-state index >= 15 is 0 Å². The van der Waals surface area contributed by atoms with Gasteiger partial charge < -0.3 is 15.5 Å². The molecule has 132 valence electrons. The molecule has 0 saturated heterocycles. The smallest absolute Gasteiger partial charge is 0.315 e. The van der Waals surface area contributed by atoms with E-state index in [1.807, 2.05) is 11.9 Å². The number of likely N-dealkylation sites (N-methyl/N-ethyl adjacent to an activating group) is 1. The van der Waals surface area contributed by atoms with Crippen LogP contribution in [0.3, 0.4) is 0 Å². The molecule has 5 heteroatoms. The maximum atomic E-state index is 12.3. The van der Waals surface area contributed by atoms with Gasteiger partial charge in [-0.15, -0.1) is 0 Å². The lowest BCUT2D eigenvalue weighted by molar-refractivity contribution is -0.131. The first kappa shape index (κ1) is 18.1. The fourth-order valence-electron chi connectivity index (χ4n) is 3.82. The molecule has 0 heterocycles. The summed E-state index contributed by atoms with van der Waals surface area (Å²) in [6, 6.07) is 0.127. The zero-order valence-corrected chi connectivity index (χ0v) is 14.6. The van der Waals surface area contributed by atoms with Crippen LogP contribution in [0.4, 0.5) is 4.79 Å². The maximum Gasteiger partial charge on any atom is 0.315 e. The molecule has 0 aromatic rings. The molecule has 0 aromatic heterocycles. The zero-order valence-electron chi connectivity index (χ0n) is 14.6. The van der Waals surface area contributed by atoms with Gasteiger partial charge in [0, 0.05) is 19.6 Å². The van der Waals surface area contributed by atoms with Crippen molar-refractivity contribution in [3.8, 4) is 0 Å². The highest BCUT2D eigenvalue weighted by Crippen LogP contribution is 2.23. The Balaban J connectivity index is 1.64. The van der Waals surface area contributed by atoms with Crippen LogP contribution in [0.2, 0.25) is 0 Å². The van der Waals surface area contributed by atoms with Gasteiger partial charge in [-0.2, -0.15) is 0 Å². The summed E-state index contributed by atoms with van der Waals surface area (Å²) in [6.07, 6.45) is 13.5. The minimum Gasteiger partial charge on any atom is -0.341 e.